The number of carbonyl (C=O) groups excluding carboxylic acids is 2. The molecular weight excluding hydrogens is 435 g/mol. The second-order valence-electron chi connectivity index (χ2n) is 7.32. The van der Waals surface area contributed by atoms with Gasteiger partial charge >= 0.3 is 12.0 Å². The molecule has 0 aliphatic carbocycles. The van der Waals surface area contributed by atoms with Crippen LogP contribution in [0.15, 0.2) is 35.7 Å². The standard InChI is InChI=1S/C23H23FN2O3S2/c1-4-16-13(2)31-20-17(16)9-11-26(19(20)14-5-7-15(24)8-6-14)23(28)25-18-10-12-30-21(18)22(27)29-3/h5-8,10,12,19H,4,9,11H2,1-3H3,(H,25,28). The molecule has 0 saturated carbocycles. The van der Waals surface area contributed by atoms with E-state index < -0.39 is 5.97 Å². The Morgan fingerprint density at radius 1 is 1.26 bits per heavy atom. The SMILES string of the molecule is CCc1c(C)sc2c1CCN(C(=O)Nc1ccsc1C(=O)OC)C2c1ccc(F)cc1. The molecule has 1 N–H and O–H groups in total. The lowest BCUT2D eigenvalue weighted by atomic mass is 9.92. The lowest BCUT2D eigenvalue weighted by Crippen LogP contribution is -2.42. The van der Waals surface area contributed by atoms with Gasteiger partial charge in [-0.2, -0.15) is 0 Å². The van der Waals surface area contributed by atoms with Crippen LogP contribution in [0.5, 0.6) is 0 Å². The van der Waals surface area contributed by atoms with Crippen LogP contribution in [0, 0.1) is 12.7 Å². The zero-order chi connectivity index (χ0) is 22.1. The Morgan fingerprint density at radius 3 is 2.68 bits per heavy atom. The summed E-state index contributed by atoms with van der Waals surface area (Å²) in [6.07, 6.45) is 1.71. The van der Waals surface area contributed by atoms with E-state index in [1.807, 2.05) is 0 Å². The zero-order valence-electron chi connectivity index (χ0n) is 17.5. The number of nitrogens with zero attached hydrogens (tertiary/aromatic N) is 1. The van der Waals surface area contributed by atoms with Crippen LogP contribution in [-0.4, -0.2) is 30.6 Å². The molecule has 1 aromatic carbocycles. The summed E-state index contributed by atoms with van der Waals surface area (Å²) >= 11 is 2.92. The van der Waals surface area contributed by atoms with Gasteiger partial charge in [0.2, 0.25) is 0 Å². The smallest absolute Gasteiger partial charge is 0.350 e. The number of hydrogen-bond donors (Lipinski definition) is 1. The maximum absolute atomic E-state index is 13.6. The summed E-state index contributed by atoms with van der Waals surface area (Å²) in [5, 5.41) is 4.62. The number of esters is 1. The van der Waals surface area contributed by atoms with Crippen LogP contribution in [0.25, 0.3) is 0 Å². The van der Waals surface area contributed by atoms with Crippen LogP contribution >= 0.6 is 22.7 Å². The molecule has 2 aromatic heterocycles. The van der Waals surface area contributed by atoms with Gasteiger partial charge in [0.15, 0.2) is 0 Å². The third-order valence-electron chi connectivity index (χ3n) is 5.59. The molecule has 0 radical (unpaired) electrons. The average molecular weight is 459 g/mol. The van der Waals surface area contributed by atoms with Crippen molar-refractivity contribution in [1.29, 1.82) is 0 Å². The number of methoxy groups -OCH3 is 1. The number of hydrogen-bond acceptors (Lipinski definition) is 5. The highest BCUT2D eigenvalue weighted by Gasteiger charge is 2.35. The second-order valence-corrected chi connectivity index (χ2v) is 9.49. The molecule has 1 unspecified atom stereocenters. The van der Waals surface area contributed by atoms with Crippen molar-refractivity contribution in [2.24, 2.45) is 0 Å². The van der Waals surface area contributed by atoms with Crippen LogP contribution in [-0.2, 0) is 17.6 Å². The predicted octanol–water partition coefficient (Wildman–Crippen LogP) is 5.79. The van der Waals surface area contributed by atoms with Gasteiger partial charge in [0, 0.05) is 16.3 Å². The van der Waals surface area contributed by atoms with Crippen molar-refractivity contribution in [2.75, 3.05) is 19.0 Å². The fraction of sp³-hybridized carbons (Fsp3) is 0.304. The molecule has 5 nitrogen and oxygen atoms in total. The molecule has 1 atom stereocenters. The summed E-state index contributed by atoms with van der Waals surface area (Å²) < 4.78 is 18.4. The number of nitrogens with one attached hydrogen (secondary N) is 1. The summed E-state index contributed by atoms with van der Waals surface area (Å²) in [6.45, 7) is 4.79. The first-order valence-electron chi connectivity index (χ1n) is 10.0. The Balaban J connectivity index is 1.72. The van der Waals surface area contributed by atoms with Crippen molar-refractivity contribution in [1.82, 2.24) is 4.90 Å². The number of aryl methyl sites for hydroxylation is 1. The molecule has 2 amide bonds. The van der Waals surface area contributed by atoms with Crippen molar-refractivity contribution >= 4 is 40.4 Å². The third-order valence-corrected chi connectivity index (χ3v) is 7.73. The highest BCUT2D eigenvalue weighted by atomic mass is 32.1. The number of amides is 2. The number of carbonyl (C=O) groups is 2. The zero-order valence-corrected chi connectivity index (χ0v) is 19.2. The lowest BCUT2D eigenvalue weighted by Gasteiger charge is -2.36. The lowest BCUT2D eigenvalue weighted by molar-refractivity contribution is 0.0607. The minimum Gasteiger partial charge on any atom is -0.465 e. The Hall–Kier alpha value is -2.71. The van der Waals surface area contributed by atoms with E-state index in [2.05, 4.69) is 19.2 Å². The fourth-order valence-corrected chi connectivity index (χ4v) is 6.36. The summed E-state index contributed by atoms with van der Waals surface area (Å²) in [5.74, 6) is -0.795. The van der Waals surface area contributed by atoms with Gasteiger partial charge in [-0.15, -0.1) is 22.7 Å². The average Bonchev–Trinajstić information content (AvgIpc) is 3.36. The molecule has 8 heteroatoms. The largest absolute Gasteiger partial charge is 0.465 e. The van der Waals surface area contributed by atoms with Gasteiger partial charge in [-0.25, -0.2) is 14.0 Å². The van der Waals surface area contributed by atoms with Crippen molar-refractivity contribution in [3.8, 4) is 0 Å². The number of urea groups is 1. The molecule has 3 aromatic rings. The molecule has 1 aliphatic heterocycles. The number of halogens is 1. The van der Waals surface area contributed by atoms with E-state index >= 15 is 0 Å². The number of benzene rings is 1. The highest BCUT2D eigenvalue weighted by Crippen LogP contribution is 2.43. The molecule has 0 bridgehead atoms. The maximum atomic E-state index is 13.6. The number of fused-ring (bicyclic) bond motifs is 1. The molecule has 0 fully saturated rings. The highest BCUT2D eigenvalue weighted by molar-refractivity contribution is 7.12. The summed E-state index contributed by atoms with van der Waals surface area (Å²) in [6, 6.07) is 7.41. The minimum absolute atomic E-state index is 0.298. The van der Waals surface area contributed by atoms with Gasteiger partial charge in [-0.05, 0) is 60.0 Å². The van der Waals surface area contributed by atoms with Gasteiger partial charge in [0.05, 0.1) is 18.8 Å². The first-order valence-corrected chi connectivity index (χ1v) is 11.7. The third kappa shape index (κ3) is 3.97. The van der Waals surface area contributed by atoms with E-state index in [0.29, 0.717) is 17.1 Å². The molecule has 0 saturated heterocycles. The molecular formula is C23H23FN2O3S2. The van der Waals surface area contributed by atoms with Crippen molar-refractivity contribution in [3.63, 3.8) is 0 Å². The van der Waals surface area contributed by atoms with Gasteiger partial charge in [0.25, 0.3) is 0 Å². The molecule has 4 rings (SSSR count). The van der Waals surface area contributed by atoms with Crippen LogP contribution in [0.4, 0.5) is 14.9 Å². The van der Waals surface area contributed by atoms with Crippen molar-refractivity contribution < 1.29 is 18.7 Å². The number of rotatable bonds is 4. The number of ether oxygens (including phenoxy) is 1. The van der Waals surface area contributed by atoms with E-state index in [1.54, 1.807) is 39.8 Å². The minimum atomic E-state index is -0.484. The van der Waals surface area contributed by atoms with Crippen LogP contribution in [0.2, 0.25) is 0 Å². The quantitative estimate of drug-likeness (QED) is 0.504. The Labute approximate surface area is 188 Å². The fourth-order valence-electron chi connectivity index (χ4n) is 4.15. The number of thiophene rings is 2. The van der Waals surface area contributed by atoms with Gasteiger partial charge < -0.3 is 15.0 Å². The molecule has 1 aliphatic rings. The summed E-state index contributed by atoms with van der Waals surface area (Å²) in [5.41, 5.74) is 3.94. The molecule has 31 heavy (non-hydrogen) atoms. The van der Waals surface area contributed by atoms with Gasteiger partial charge in [-0.3, -0.25) is 0 Å². The van der Waals surface area contributed by atoms with Crippen LogP contribution < -0.4 is 5.32 Å². The Bertz CT molecular complexity index is 1120. The van der Waals surface area contributed by atoms with Gasteiger partial charge in [-0.1, -0.05) is 19.1 Å². The molecule has 3 heterocycles. The first kappa shape index (κ1) is 21.5. The van der Waals surface area contributed by atoms with E-state index in [1.165, 1.54) is 46.6 Å². The summed E-state index contributed by atoms with van der Waals surface area (Å²) in [7, 11) is 1.31. The summed E-state index contributed by atoms with van der Waals surface area (Å²) in [4.78, 5) is 29.8. The monoisotopic (exact) mass is 458 g/mol. The molecule has 162 valence electrons. The maximum Gasteiger partial charge on any atom is 0.350 e. The van der Waals surface area contributed by atoms with Crippen molar-refractivity contribution in [2.45, 2.75) is 32.7 Å². The first-order chi connectivity index (χ1) is 14.9. The molecule has 0 spiro atoms. The Morgan fingerprint density at radius 2 is 2.00 bits per heavy atom. The van der Waals surface area contributed by atoms with E-state index in [-0.39, 0.29) is 17.9 Å². The second kappa shape index (κ2) is 8.80. The Kier molecular flexibility index (Phi) is 6.11. The normalized spacial score (nSPS) is 15.5. The predicted molar refractivity (Wildman–Crippen MR) is 122 cm³/mol. The van der Waals surface area contributed by atoms with Crippen LogP contribution in [0.3, 0.4) is 0 Å². The van der Waals surface area contributed by atoms with E-state index in [4.69, 9.17) is 4.74 Å². The van der Waals surface area contributed by atoms with Crippen molar-refractivity contribution in [3.05, 3.63) is 72.9 Å². The van der Waals surface area contributed by atoms with Gasteiger partial charge in [0.1, 0.15) is 10.7 Å². The number of anilines is 1. The van der Waals surface area contributed by atoms with E-state index in [0.717, 1.165) is 23.3 Å². The van der Waals surface area contributed by atoms with E-state index in [9.17, 15) is 14.0 Å². The van der Waals surface area contributed by atoms with Crippen LogP contribution in [0.1, 0.15) is 49.1 Å². The topological polar surface area (TPSA) is 58.6 Å².